The first-order valence-corrected chi connectivity index (χ1v) is 4.91. The third kappa shape index (κ3) is 3.14. The molecular weight excluding hydrogens is 182 g/mol. The predicted molar refractivity (Wildman–Crippen MR) is 58.7 cm³/mol. The highest BCUT2D eigenvalue weighted by atomic mass is 32.2. The molecule has 1 aromatic rings. The summed E-state index contributed by atoms with van der Waals surface area (Å²) in [6, 6.07) is 3.68. The van der Waals surface area contributed by atoms with E-state index in [0.717, 1.165) is 5.03 Å². The summed E-state index contributed by atoms with van der Waals surface area (Å²) in [6.45, 7) is 6.39. The summed E-state index contributed by atoms with van der Waals surface area (Å²) >= 11 is 1.68. The average molecular weight is 197 g/mol. The largest absolute Gasteiger partial charge is 0.396 e. The zero-order valence-corrected chi connectivity index (χ0v) is 8.98. The summed E-state index contributed by atoms with van der Waals surface area (Å²) in [5.74, 6) is 0.411. The first-order chi connectivity index (χ1) is 5.88. The minimum Gasteiger partial charge on any atom is -0.396 e. The molecular formula is C9H15N3S. The fourth-order valence-corrected chi connectivity index (χ4v) is 1.75. The Morgan fingerprint density at radius 3 is 2.31 bits per heavy atom. The van der Waals surface area contributed by atoms with Crippen LogP contribution < -0.4 is 11.5 Å². The van der Waals surface area contributed by atoms with Crippen molar-refractivity contribution in [1.82, 2.24) is 4.98 Å². The Hall–Kier alpha value is -0.900. The molecule has 0 radical (unpaired) electrons. The number of hydrogen-bond acceptors (Lipinski definition) is 4. The Bertz CT molecular complexity index is 304. The van der Waals surface area contributed by atoms with Crippen LogP contribution in [0.25, 0.3) is 0 Å². The summed E-state index contributed by atoms with van der Waals surface area (Å²) in [5.41, 5.74) is 11.7. The first kappa shape index (κ1) is 10.2. The molecule has 0 saturated heterocycles. The number of thioether (sulfide) groups is 1. The Balaban J connectivity index is 2.86. The van der Waals surface area contributed by atoms with Gasteiger partial charge in [-0.3, -0.25) is 0 Å². The third-order valence-electron chi connectivity index (χ3n) is 1.34. The normalized spacial score (nSPS) is 11.6. The average Bonchev–Trinajstić information content (AvgIpc) is 1.94. The molecule has 3 nitrogen and oxygen atoms in total. The van der Waals surface area contributed by atoms with Gasteiger partial charge in [0.1, 0.15) is 5.82 Å². The van der Waals surface area contributed by atoms with Crippen LogP contribution in [0.3, 0.4) is 0 Å². The lowest BCUT2D eigenvalue weighted by Crippen LogP contribution is -2.08. The Labute approximate surface area is 82.9 Å². The van der Waals surface area contributed by atoms with Crippen LogP contribution in [-0.4, -0.2) is 9.73 Å². The Kier molecular flexibility index (Phi) is 2.71. The molecule has 1 aromatic heterocycles. The Morgan fingerprint density at radius 1 is 1.23 bits per heavy atom. The molecule has 0 aromatic carbocycles. The van der Waals surface area contributed by atoms with E-state index in [1.165, 1.54) is 0 Å². The lowest BCUT2D eigenvalue weighted by atomic mass is 10.3. The third-order valence-corrected chi connectivity index (χ3v) is 2.39. The van der Waals surface area contributed by atoms with E-state index < -0.39 is 0 Å². The standard InChI is InChI=1S/C9H15N3S/c1-9(2,3)13-7-5-4-6(10)8(11)12-7/h4-5H,10H2,1-3H3,(H2,11,12). The molecule has 0 unspecified atom stereocenters. The van der Waals surface area contributed by atoms with Gasteiger partial charge in [0.2, 0.25) is 0 Å². The van der Waals surface area contributed by atoms with Gasteiger partial charge in [0.05, 0.1) is 10.7 Å². The molecule has 0 spiro atoms. The minimum atomic E-state index is 0.148. The molecule has 1 rings (SSSR count). The maximum absolute atomic E-state index is 5.59. The number of rotatable bonds is 1. The number of pyridine rings is 1. The van der Waals surface area contributed by atoms with Crippen molar-refractivity contribution in [3.05, 3.63) is 12.1 Å². The van der Waals surface area contributed by atoms with Crippen molar-refractivity contribution >= 4 is 23.3 Å². The van der Waals surface area contributed by atoms with E-state index in [2.05, 4.69) is 25.8 Å². The monoisotopic (exact) mass is 197 g/mol. The van der Waals surface area contributed by atoms with Crippen molar-refractivity contribution in [2.24, 2.45) is 0 Å². The van der Waals surface area contributed by atoms with Crippen LogP contribution in [0, 0.1) is 0 Å². The second-order valence-electron chi connectivity index (χ2n) is 3.84. The molecule has 1 heterocycles. The molecule has 4 heteroatoms. The van der Waals surface area contributed by atoms with Gasteiger partial charge in [-0.1, -0.05) is 20.8 Å². The van der Waals surface area contributed by atoms with E-state index in [4.69, 9.17) is 11.5 Å². The SMILES string of the molecule is CC(C)(C)Sc1ccc(N)c(N)n1. The fraction of sp³-hybridized carbons (Fsp3) is 0.444. The van der Waals surface area contributed by atoms with E-state index in [0.29, 0.717) is 11.5 Å². The molecule has 0 fully saturated rings. The smallest absolute Gasteiger partial charge is 0.147 e. The molecule has 0 amide bonds. The van der Waals surface area contributed by atoms with Gasteiger partial charge in [-0.25, -0.2) is 4.98 Å². The Morgan fingerprint density at radius 2 is 1.85 bits per heavy atom. The van der Waals surface area contributed by atoms with Crippen molar-refractivity contribution in [2.75, 3.05) is 11.5 Å². The number of nitrogens with two attached hydrogens (primary N) is 2. The van der Waals surface area contributed by atoms with Gasteiger partial charge in [-0.05, 0) is 12.1 Å². The summed E-state index contributed by atoms with van der Waals surface area (Å²) in [7, 11) is 0. The van der Waals surface area contributed by atoms with E-state index in [-0.39, 0.29) is 4.75 Å². The number of aromatic nitrogens is 1. The van der Waals surface area contributed by atoms with E-state index >= 15 is 0 Å². The van der Waals surface area contributed by atoms with Gasteiger partial charge >= 0.3 is 0 Å². The number of nitrogens with zero attached hydrogens (tertiary/aromatic N) is 1. The number of nitrogen functional groups attached to an aromatic ring is 2. The van der Waals surface area contributed by atoms with Crippen LogP contribution >= 0.6 is 11.8 Å². The van der Waals surface area contributed by atoms with Crippen LogP contribution in [0.5, 0.6) is 0 Å². The van der Waals surface area contributed by atoms with Crippen molar-refractivity contribution in [1.29, 1.82) is 0 Å². The van der Waals surface area contributed by atoms with Crippen LogP contribution in [-0.2, 0) is 0 Å². The summed E-state index contributed by atoms with van der Waals surface area (Å²) < 4.78 is 0.148. The second-order valence-corrected chi connectivity index (χ2v) is 5.69. The fourth-order valence-electron chi connectivity index (χ4n) is 0.838. The van der Waals surface area contributed by atoms with Crippen molar-refractivity contribution < 1.29 is 0 Å². The van der Waals surface area contributed by atoms with Gasteiger partial charge in [-0.2, -0.15) is 0 Å². The first-order valence-electron chi connectivity index (χ1n) is 4.09. The van der Waals surface area contributed by atoms with Gasteiger partial charge in [0, 0.05) is 4.75 Å². The highest BCUT2D eigenvalue weighted by Gasteiger charge is 2.13. The molecule has 0 aliphatic carbocycles. The van der Waals surface area contributed by atoms with Crippen LogP contribution in [0.15, 0.2) is 17.2 Å². The van der Waals surface area contributed by atoms with Gasteiger partial charge in [0.25, 0.3) is 0 Å². The van der Waals surface area contributed by atoms with Crippen LogP contribution in [0.1, 0.15) is 20.8 Å². The molecule has 0 aliphatic rings. The molecule has 0 aliphatic heterocycles. The molecule has 72 valence electrons. The van der Waals surface area contributed by atoms with Crippen molar-refractivity contribution in [2.45, 2.75) is 30.5 Å². The van der Waals surface area contributed by atoms with Crippen LogP contribution in [0.4, 0.5) is 11.5 Å². The number of anilines is 2. The second kappa shape index (κ2) is 3.46. The van der Waals surface area contributed by atoms with Crippen LogP contribution in [0.2, 0.25) is 0 Å². The zero-order chi connectivity index (χ0) is 10.1. The quantitative estimate of drug-likeness (QED) is 0.677. The van der Waals surface area contributed by atoms with E-state index in [9.17, 15) is 0 Å². The number of hydrogen-bond donors (Lipinski definition) is 2. The molecule has 0 bridgehead atoms. The molecule has 0 saturated carbocycles. The lowest BCUT2D eigenvalue weighted by Gasteiger charge is -2.16. The molecule has 4 N–H and O–H groups in total. The van der Waals surface area contributed by atoms with E-state index in [1.54, 1.807) is 17.8 Å². The molecule has 13 heavy (non-hydrogen) atoms. The summed E-state index contributed by atoms with van der Waals surface area (Å²) in [6.07, 6.45) is 0. The van der Waals surface area contributed by atoms with Crippen molar-refractivity contribution in [3.63, 3.8) is 0 Å². The van der Waals surface area contributed by atoms with Gasteiger partial charge < -0.3 is 11.5 Å². The van der Waals surface area contributed by atoms with E-state index in [1.807, 2.05) is 6.07 Å². The highest BCUT2D eigenvalue weighted by molar-refractivity contribution is 8.00. The van der Waals surface area contributed by atoms with Gasteiger partial charge in [-0.15, -0.1) is 11.8 Å². The molecule has 0 atom stereocenters. The van der Waals surface area contributed by atoms with Crippen molar-refractivity contribution in [3.8, 4) is 0 Å². The van der Waals surface area contributed by atoms with Gasteiger partial charge in [0.15, 0.2) is 0 Å². The summed E-state index contributed by atoms with van der Waals surface area (Å²) in [4.78, 5) is 4.17. The maximum Gasteiger partial charge on any atom is 0.147 e. The minimum absolute atomic E-state index is 0.148. The maximum atomic E-state index is 5.59. The topological polar surface area (TPSA) is 64.9 Å². The highest BCUT2D eigenvalue weighted by Crippen LogP contribution is 2.31. The zero-order valence-electron chi connectivity index (χ0n) is 8.16. The summed E-state index contributed by atoms with van der Waals surface area (Å²) in [5, 5.41) is 0.916. The lowest BCUT2D eigenvalue weighted by molar-refractivity contribution is 0.799. The predicted octanol–water partition coefficient (Wildman–Crippen LogP) is 2.14.